The largest absolute Gasteiger partial charge is 0.494 e. The lowest BCUT2D eigenvalue weighted by atomic mass is 10.2. The van der Waals surface area contributed by atoms with Crippen LogP contribution in [0.15, 0.2) is 30.5 Å². The Morgan fingerprint density at radius 3 is 2.32 bits per heavy atom. The van der Waals surface area contributed by atoms with E-state index >= 15 is 0 Å². The Labute approximate surface area is 163 Å². The van der Waals surface area contributed by atoms with E-state index < -0.39 is 17.6 Å². The summed E-state index contributed by atoms with van der Waals surface area (Å²) in [5.74, 6) is 0.300. The zero-order chi connectivity index (χ0) is 20.4. The predicted octanol–water partition coefficient (Wildman–Crippen LogP) is 5.99. The summed E-state index contributed by atoms with van der Waals surface area (Å²) < 4.78 is 50.0. The fourth-order valence-electron chi connectivity index (χ4n) is 2.41. The molecule has 0 fully saturated rings. The molecule has 8 heteroatoms. The third kappa shape index (κ3) is 6.90. The molecule has 0 radical (unpaired) electrons. The Kier molecular flexibility index (Phi) is 8.35. The number of anilines is 2. The number of alkyl halides is 3. The number of rotatable bonds is 11. The van der Waals surface area contributed by atoms with Crippen molar-refractivity contribution in [2.24, 2.45) is 0 Å². The lowest BCUT2D eigenvalue weighted by Crippen LogP contribution is -2.12. The Hall–Kier alpha value is -2.51. The Balaban J connectivity index is 2.00. The maximum absolute atomic E-state index is 13.1. The van der Waals surface area contributed by atoms with Gasteiger partial charge in [-0.05, 0) is 37.1 Å². The van der Waals surface area contributed by atoms with Crippen LogP contribution in [0, 0.1) is 0 Å². The minimum absolute atomic E-state index is 0.0346. The van der Waals surface area contributed by atoms with E-state index in [1.165, 1.54) is 12.8 Å². The molecule has 0 bridgehead atoms. The van der Waals surface area contributed by atoms with Gasteiger partial charge in [0.1, 0.15) is 11.3 Å². The van der Waals surface area contributed by atoms with Crippen LogP contribution in [0.3, 0.4) is 0 Å². The van der Waals surface area contributed by atoms with E-state index in [4.69, 9.17) is 9.47 Å². The first kappa shape index (κ1) is 21.8. The first-order valence-electron chi connectivity index (χ1n) is 9.51. The van der Waals surface area contributed by atoms with Crippen LogP contribution in [-0.4, -0.2) is 23.2 Å². The van der Waals surface area contributed by atoms with Crippen LogP contribution >= 0.6 is 0 Å². The summed E-state index contributed by atoms with van der Waals surface area (Å²) in [5.41, 5.74) is -0.349. The van der Waals surface area contributed by atoms with Gasteiger partial charge in [-0.3, -0.25) is 0 Å². The minimum atomic E-state index is -4.57. The molecule has 28 heavy (non-hydrogen) atoms. The van der Waals surface area contributed by atoms with Gasteiger partial charge in [-0.25, -0.2) is 4.98 Å². The van der Waals surface area contributed by atoms with E-state index in [9.17, 15) is 13.2 Å². The van der Waals surface area contributed by atoms with Crippen molar-refractivity contribution in [3.8, 4) is 11.6 Å². The molecule has 1 heterocycles. The normalized spacial score (nSPS) is 11.3. The van der Waals surface area contributed by atoms with Crippen LogP contribution in [-0.2, 0) is 6.18 Å². The van der Waals surface area contributed by atoms with Crippen LogP contribution < -0.4 is 14.8 Å². The number of benzene rings is 1. The number of halogens is 3. The topological polar surface area (TPSA) is 56.3 Å². The fourth-order valence-corrected chi connectivity index (χ4v) is 2.41. The molecular weight excluding hydrogens is 371 g/mol. The van der Waals surface area contributed by atoms with E-state index in [2.05, 4.69) is 22.2 Å². The SMILES string of the molecule is CCCCCCOc1ccc(Nc2ncc(C(F)(F)F)c(OCCC)n2)cc1. The molecule has 0 spiro atoms. The molecule has 2 aromatic rings. The summed E-state index contributed by atoms with van der Waals surface area (Å²) in [7, 11) is 0. The van der Waals surface area contributed by atoms with Crippen molar-refractivity contribution >= 4 is 11.6 Å². The van der Waals surface area contributed by atoms with Gasteiger partial charge in [0, 0.05) is 11.9 Å². The maximum Gasteiger partial charge on any atom is 0.423 e. The van der Waals surface area contributed by atoms with Crippen molar-refractivity contribution in [3.05, 3.63) is 36.0 Å². The lowest BCUT2D eigenvalue weighted by molar-refractivity contribution is -0.139. The highest BCUT2D eigenvalue weighted by atomic mass is 19.4. The number of hydrogen-bond donors (Lipinski definition) is 1. The zero-order valence-electron chi connectivity index (χ0n) is 16.2. The van der Waals surface area contributed by atoms with E-state index in [0.29, 0.717) is 18.7 Å². The number of nitrogens with zero attached hydrogens (tertiary/aromatic N) is 2. The summed E-state index contributed by atoms with van der Waals surface area (Å²) in [6, 6.07) is 7.10. The smallest absolute Gasteiger partial charge is 0.423 e. The summed E-state index contributed by atoms with van der Waals surface area (Å²) in [5, 5.41) is 2.89. The Morgan fingerprint density at radius 1 is 0.929 bits per heavy atom. The summed E-state index contributed by atoms with van der Waals surface area (Å²) >= 11 is 0. The van der Waals surface area contributed by atoms with Crippen molar-refractivity contribution < 1.29 is 22.6 Å². The molecule has 154 valence electrons. The lowest BCUT2D eigenvalue weighted by Gasteiger charge is -2.14. The first-order chi connectivity index (χ1) is 13.4. The average Bonchev–Trinajstić information content (AvgIpc) is 2.67. The standard InChI is InChI=1S/C20H26F3N3O2/c1-3-5-6-7-13-27-16-10-8-15(9-11-16)25-19-24-14-17(20(21,22)23)18(26-19)28-12-4-2/h8-11,14H,3-7,12-13H2,1-2H3,(H,24,25,26). The molecule has 0 aliphatic carbocycles. The second kappa shape index (κ2) is 10.7. The van der Waals surface area contributed by atoms with Crippen LogP contribution in [0.1, 0.15) is 51.5 Å². The minimum Gasteiger partial charge on any atom is -0.494 e. The second-order valence-corrected chi connectivity index (χ2v) is 6.32. The second-order valence-electron chi connectivity index (χ2n) is 6.32. The molecule has 5 nitrogen and oxygen atoms in total. The highest BCUT2D eigenvalue weighted by molar-refractivity contribution is 5.55. The highest BCUT2D eigenvalue weighted by Gasteiger charge is 2.36. The predicted molar refractivity (Wildman–Crippen MR) is 102 cm³/mol. The summed E-state index contributed by atoms with van der Waals surface area (Å²) in [6.45, 7) is 4.77. The van der Waals surface area contributed by atoms with Crippen molar-refractivity contribution in [1.29, 1.82) is 0 Å². The van der Waals surface area contributed by atoms with Gasteiger partial charge in [0.25, 0.3) is 0 Å². The van der Waals surface area contributed by atoms with Crippen LogP contribution in [0.5, 0.6) is 11.6 Å². The van der Waals surface area contributed by atoms with E-state index in [1.54, 1.807) is 31.2 Å². The third-order valence-corrected chi connectivity index (χ3v) is 3.88. The van der Waals surface area contributed by atoms with Gasteiger partial charge < -0.3 is 14.8 Å². The quantitative estimate of drug-likeness (QED) is 0.472. The van der Waals surface area contributed by atoms with Crippen molar-refractivity contribution in [3.63, 3.8) is 0 Å². The number of unbranched alkanes of at least 4 members (excludes halogenated alkanes) is 3. The van der Waals surface area contributed by atoms with Gasteiger partial charge in [-0.2, -0.15) is 18.2 Å². The molecule has 1 aromatic carbocycles. The monoisotopic (exact) mass is 397 g/mol. The average molecular weight is 397 g/mol. The van der Waals surface area contributed by atoms with Crippen LogP contribution in [0.25, 0.3) is 0 Å². The van der Waals surface area contributed by atoms with Gasteiger partial charge in [0.15, 0.2) is 0 Å². The molecule has 0 amide bonds. The van der Waals surface area contributed by atoms with Gasteiger partial charge >= 0.3 is 6.18 Å². The van der Waals surface area contributed by atoms with E-state index in [1.807, 2.05) is 0 Å². The van der Waals surface area contributed by atoms with E-state index in [-0.39, 0.29) is 12.6 Å². The van der Waals surface area contributed by atoms with Crippen molar-refractivity contribution in [1.82, 2.24) is 9.97 Å². The van der Waals surface area contributed by atoms with E-state index in [0.717, 1.165) is 24.8 Å². The van der Waals surface area contributed by atoms with Gasteiger partial charge in [0.05, 0.1) is 13.2 Å². The maximum atomic E-state index is 13.1. The summed E-state index contributed by atoms with van der Waals surface area (Å²) in [6.07, 6.45) is 1.26. The zero-order valence-corrected chi connectivity index (χ0v) is 16.2. The fraction of sp³-hybridized carbons (Fsp3) is 0.500. The Morgan fingerprint density at radius 2 is 1.68 bits per heavy atom. The highest BCUT2D eigenvalue weighted by Crippen LogP contribution is 2.35. The molecule has 2 rings (SSSR count). The van der Waals surface area contributed by atoms with Gasteiger partial charge in [-0.1, -0.05) is 33.1 Å². The van der Waals surface area contributed by atoms with Gasteiger partial charge in [-0.15, -0.1) is 0 Å². The molecule has 1 N–H and O–H groups in total. The van der Waals surface area contributed by atoms with Crippen molar-refractivity contribution in [2.75, 3.05) is 18.5 Å². The number of ether oxygens (including phenoxy) is 2. The molecule has 0 saturated heterocycles. The number of aromatic nitrogens is 2. The number of nitrogens with one attached hydrogen (secondary N) is 1. The molecule has 0 aliphatic rings. The Bertz CT molecular complexity index is 722. The van der Waals surface area contributed by atoms with Crippen molar-refractivity contribution in [2.45, 2.75) is 52.1 Å². The molecule has 0 saturated carbocycles. The molecule has 1 aromatic heterocycles. The van der Waals surface area contributed by atoms with Crippen LogP contribution in [0.2, 0.25) is 0 Å². The number of hydrogen-bond acceptors (Lipinski definition) is 5. The first-order valence-corrected chi connectivity index (χ1v) is 9.51. The molecule has 0 atom stereocenters. The third-order valence-electron chi connectivity index (χ3n) is 3.88. The molecule has 0 unspecified atom stereocenters. The molecule has 0 aliphatic heterocycles. The summed E-state index contributed by atoms with van der Waals surface area (Å²) in [4.78, 5) is 7.63. The van der Waals surface area contributed by atoms with Gasteiger partial charge in [0.2, 0.25) is 11.8 Å². The van der Waals surface area contributed by atoms with Crippen LogP contribution in [0.4, 0.5) is 24.8 Å². The molecular formula is C20H26F3N3O2.